The van der Waals surface area contributed by atoms with Crippen LogP contribution in [0.1, 0.15) is 45.4 Å². The molecule has 0 radical (unpaired) electrons. The number of fused-ring (bicyclic) bond motifs is 1. The van der Waals surface area contributed by atoms with Gasteiger partial charge in [-0.2, -0.15) is 0 Å². The zero-order valence-electron chi connectivity index (χ0n) is 25.2. The minimum Gasteiger partial charge on any atom is -0.425 e. The second-order valence-corrected chi connectivity index (χ2v) is 11.6. The zero-order valence-corrected chi connectivity index (χ0v) is 25.2. The molecular weight excluding hydrogens is 528 g/mol. The topological polar surface area (TPSA) is 71.2 Å². The van der Waals surface area contributed by atoms with Gasteiger partial charge in [0.2, 0.25) is 0 Å². The van der Waals surface area contributed by atoms with Gasteiger partial charge >= 0.3 is 11.8 Å². The highest BCUT2D eigenvalue weighted by Gasteiger charge is 2.25. The summed E-state index contributed by atoms with van der Waals surface area (Å²) in [5.41, 5.74) is 5.79. The number of para-hydroxylation sites is 1. The first-order valence-electron chi connectivity index (χ1n) is 15.0. The van der Waals surface area contributed by atoms with Gasteiger partial charge < -0.3 is 19.0 Å². The van der Waals surface area contributed by atoms with Crippen LogP contribution < -0.4 is 10.7 Å². The summed E-state index contributed by atoms with van der Waals surface area (Å²) in [7, 11) is 1.73. The van der Waals surface area contributed by atoms with E-state index in [1.54, 1.807) is 18.9 Å². The molecule has 1 fully saturated rings. The van der Waals surface area contributed by atoms with Gasteiger partial charge in [0.25, 0.3) is 0 Å². The first kappa shape index (κ1) is 29.5. The van der Waals surface area contributed by atoms with Crippen LogP contribution in [0.5, 0.6) is 0 Å². The smallest absolute Gasteiger partial charge is 0.423 e. The van der Waals surface area contributed by atoms with Crippen LogP contribution in [-0.2, 0) is 11.3 Å². The number of ether oxygens (including phenoxy) is 1. The first-order chi connectivity index (χ1) is 20.3. The highest BCUT2D eigenvalue weighted by atomic mass is 16.6. The number of aromatic nitrogens is 1. The van der Waals surface area contributed by atoms with Gasteiger partial charge in [0.1, 0.15) is 0 Å². The lowest BCUT2D eigenvalue weighted by molar-refractivity contribution is 0.0418. The summed E-state index contributed by atoms with van der Waals surface area (Å²) in [4.78, 5) is 31.9. The molecule has 0 bridgehead atoms. The predicted molar refractivity (Wildman–Crippen MR) is 168 cm³/mol. The monoisotopic (exact) mass is 570 g/mol. The fourth-order valence-electron chi connectivity index (χ4n) is 5.64. The van der Waals surface area contributed by atoms with Crippen LogP contribution in [0.25, 0.3) is 22.2 Å². The van der Waals surface area contributed by atoms with Crippen molar-refractivity contribution in [1.29, 1.82) is 0 Å². The Balaban J connectivity index is 1.23. The summed E-state index contributed by atoms with van der Waals surface area (Å²) in [5, 5.41) is 0. The minimum atomic E-state index is -0.794. The number of oxazole rings is 1. The van der Waals surface area contributed by atoms with Crippen LogP contribution in [0.4, 0.5) is 10.5 Å². The molecule has 1 amide bonds. The van der Waals surface area contributed by atoms with E-state index in [-0.39, 0.29) is 0 Å². The Hall–Kier alpha value is -4.04. The molecule has 1 aliphatic rings. The maximum absolute atomic E-state index is 13.0. The number of amides is 1. The van der Waals surface area contributed by atoms with Gasteiger partial charge in [0, 0.05) is 46.3 Å². The normalized spacial score (nSPS) is 14.8. The average Bonchev–Trinajstić information content (AvgIpc) is 3.34. The zero-order chi connectivity index (χ0) is 29.6. The van der Waals surface area contributed by atoms with E-state index < -0.39 is 18.1 Å². The van der Waals surface area contributed by atoms with Crippen molar-refractivity contribution in [1.82, 2.24) is 14.4 Å². The highest BCUT2D eigenvalue weighted by molar-refractivity contribution is 5.87. The Morgan fingerprint density at radius 3 is 2.38 bits per heavy atom. The minimum absolute atomic E-state index is 0.450. The number of benzene rings is 3. The van der Waals surface area contributed by atoms with Crippen molar-refractivity contribution >= 4 is 22.9 Å². The third kappa shape index (κ3) is 6.87. The summed E-state index contributed by atoms with van der Waals surface area (Å²) < 4.78 is 12.9. The third-order valence-corrected chi connectivity index (χ3v) is 7.99. The molecule has 3 aromatic carbocycles. The SMILES string of the molecule is CC(C)CCCN(C)C(=O)OC(C)n1c(=O)oc2c(N3CCN(Cc4cccc(-c5ccccc5)c4)CC3)cccc21. The average molecular weight is 571 g/mol. The maximum atomic E-state index is 13.0. The van der Waals surface area contributed by atoms with Gasteiger partial charge in [-0.25, -0.2) is 14.2 Å². The molecule has 1 unspecified atom stereocenters. The molecule has 4 aromatic rings. The van der Waals surface area contributed by atoms with Crippen LogP contribution in [0, 0.1) is 5.92 Å². The fraction of sp³-hybridized carbons (Fsp3) is 0.412. The molecule has 1 aromatic heterocycles. The molecule has 1 saturated heterocycles. The van der Waals surface area contributed by atoms with Crippen molar-refractivity contribution in [2.24, 2.45) is 5.92 Å². The Kier molecular flexibility index (Phi) is 9.32. The Morgan fingerprint density at radius 2 is 1.64 bits per heavy atom. The number of carbonyl (C=O) groups is 1. The van der Waals surface area contributed by atoms with Crippen LogP contribution in [0.2, 0.25) is 0 Å². The van der Waals surface area contributed by atoms with E-state index in [1.807, 2.05) is 24.3 Å². The second-order valence-electron chi connectivity index (χ2n) is 11.6. The van der Waals surface area contributed by atoms with Crippen LogP contribution >= 0.6 is 0 Å². The van der Waals surface area contributed by atoms with Crippen LogP contribution in [0.3, 0.4) is 0 Å². The summed E-state index contributed by atoms with van der Waals surface area (Å²) in [6, 6.07) is 25.0. The van der Waals surface area contributed by atoms with Gasteiger partial charge in [-0.1, -0.05) is 68.4 Å². The molecule has 8 heteroatoms. The number of piperazine rings is 1. The number of anilines is 1. The quantitative estimate of drug-likeness (QED) is 0.214. The Labute approximate surface area is 248 Å². The van der Waals surface area contributed by atoms with Crippen molar-refractivity contribution in [2.45, 2.75) is 46.4 Å². The van der Waals surface area contributed by atoms with Crippen LogP contribution in [0.15, 0.2) is 82.0 Å². The molecule has 0 aliphatic carbocycles. The predicted octanol–water partition coefficient (Wildman–Crippen LogP) is 6.61. The number of hydrogen-bond acceptors (Lipinski definition) is 6. The molecule has 42 heavy (non-hydrogen) atoms. The van der Waals surface area contributed by atoms with Crippen molar-refractivity contribution < 1.29 is 13.9 Å². The van der Waals surface area contributed by atoms with Crippen molar-refractivity contribution in [2.75, 3.05) is 44.7 Å². The van der Waals surface area contributed by atoms with Gasteiger partial charge in [0.05, 0.1) is 11.2 Å². The lowest BCUT2D eigenvalue weighted by Gasteiger charge is -2.36. The van der Waals surface area contributed by atoms with Crippen molar-refractivity contribution in [3.63, 3.8) is 0 Å². The molecular formula is C34H42N4O4. The van der Waals surface area contributed by atoms with Gasteiger partial charge in [-0.05, 0) is 60.6 Å². The van der Waals surface area contributed by atoms with E-state index in [0.717, 1.165) is 51.3 Å². The number of carbonyl (C=O) groups excluding carboxylic acids is 1. The highest BCUT2D eigenvalue weighted by Crippen LogP contribution is 2.29. The fourth-order valence-corrected chi connectivity index (χ4v) is 5.64. The van der Waals surface area contributed by atoms with Crippen molar-refractivity contribution in [3.8, 4) is 11.1 Å². The summed E-state index contributed by atoms with van der Waals surface area (Å²) >= 11 is 0. The number of nitrogens with zero attached hydrogens (tertiary/aromatic N) is 4. The standard InChI is InChI=1S/C34H42N4O4/c1-25(2)11-10-18-35(4)33(39)41-26(3)38-31-17-9-16-30(32(31)42-34(38)40)37-21-19-36(20-22-37)24-27-12-8-15-29(23-27)28-13-6-5-7-14-28/h5-9,12-17,23,25-26H,10-11,18-22,24H2,1-4H3. The largest absolute Gasteiger partial charge is 0.425 e. The Bertz CT molecular complexity index is 1540. The van der Waals surface area contributed by atoms with Crippen molar-refractivity contribution in [3.05, 3.63) is 88.9 Å². The molecule has 1 atom stereocenters. The number of hydrogen-bond donors (Lipinski definition) is 0. The molecule has 0 spiro atoms. The molecule has 222 valence electrons. The molecule has 0 N–H and O–H groups in total. The van der Waals surface area contributed by atoms with Gasteiger partial charge in [-0.3, -0.25) is 4.90 Å². The molecule has 8 nitrogen and oxygen atoms in total. The van der Waals surface area contributed by atoms with Gasteiger partial charge in [-0.15, -0.1) is 0 Å². The number of rotatable bonds is 10. The summed E-state index contributed by atoms with van der Waals surface area (Å²) in [5.74, 6) is 0.0514. The lowest BCUT2D eigenvalue weighted by atomic mass is 10.0. The molecule has 0 saturated carbocycles. The first-order valence-corrected chi connectivity index (χ1v) is 15.0. The van der Waals surface area contributed by atoms with E-state index in [1.165, 1.54) is 21.3 Å². The van der Waals surface area contributed by atoms with Crippen LogP contribution in [-0.4, -0.2) is 60.2 Å². The van der Waals surface area contributed by atoms with E-state index >= 15 is 0 Å². The maximum Gasteiger partial charge on any atom is 0.423 e. The Morgan fingerprint density at radius 1 is 0.929 bits per heavy atom. The molecule has 1 aliphatic heterocycles. The second kappa shape index (κ2) is 13.3. The third-order valence-electron chi connectivity index (χ3n) is 7.99. The molecule has 5 rings (SSSR count). The van der Waals surface area contributed by atoms with E-state index in [4.69, 9.17) is 9.15 Å². The van der Waals surface area contributed by atoms with E-state index in [9.17, 15) is 9.59 Å². The van der Waals surface area contributed by atoms with Gasteiger partial charge in [0.15, 0.2) is 11.8 Å². The lowest BCUT2D eigenvalue weighted by Crippen LogP contribution is -2.46. The molecule has 2 heterocycles. The summed E-state index contributed by atoms with van der Waals surface area (Å²) in [6.07, 6.45) is 0.701. The van der Waals surface area contributed by atoms with E-state index in [2.05, 4.69) is 72.2 Å². The summed E-state index contributed by atoms with van der Waals surface area (Å²) in [6.45, 7) is 11.0. The van der Waals surface area contributed by atoms with E-state index in [0.29, 0.717) is 23.6 Å².